The predicted octanol–water partition coefficient (Wildman–Crippen LogP) is 2.48. The average Bonchev–Trinajstić information content (AvgIpc) is 3.41. The largest absolute Gasteiger partial charge is 0.457 e. The fourth-order valence-electron chi connectivity index (χ4n) is 5.43. The van der Waals surface area contributed by atoms with Gasteiger partial charge in [0.25, 0.3) is 0 Å². The van der Waals surface area contributed by atoms with Crippen molar-refractivity contribution in [1.29, 1.82) is 0 Å². The number of benzene rings is 1. The maximum Gasteiger partial charge on any atom is 0.338 e. The van der Waals surface area contributed by atoms with Gasteiger partial charge in [-0.1, -0.05) is 12.1 Å². The third-order valence-corrected chi connectivity index (χ3v) is 7.46. The third-order valence-electron chi connectivity index (χ3n) is 7.46. The van der Waals surface area contributed by atoms with Crippen LogP contribution in [0.4, 0.5) is 0 Å². The van der Waals surface area contributed by atoms with Crippen LogP contribution in [-0.4, -0.2) is 48.5 Å². The number of carbonyl (C=O) groups excluding carboxylic acids is 3. The number of cyclic esters (lactones) is 2. The van der Waals surface area contributed by atoms with Crippen molar-refractivity contribution in [2.45, 2.75) is 58.1 Å². The molecule has 1 saturated carbocycles. The van der Waals surface area contributed by atoms with Crippen molar-refractivity contribution < 1.29 is 23.9 Å². The van der Waals surface area contributed by atoms with Crippen LogP contribution < -0.4 is 5.32 Å². The molecule has 0 radical (unpaired) electrons. The Morgan fingerprint density at radius 3 is 2.58 bits per heavy atom. The third kappa shape index (κ3) is 3.55. The van der Waals surface area contributed by atoms with Gasteiger partial charge in [0.1, 0.15) is 13.2 Å². The van der Waals surface area contributed by atoms with Crippen LogP contribution in [-0.2, 0) is 32.1 Å². The Hall–Kier alpha value is -2.67. The van der Waals surface area contributed by atoms with Crippen molar-refractivity contribution in [3.05, 3.63) is 46.2 Å². The number of esters is 2. The molecule has 4 aliphatic rings. The molecule has 1 aliphatic carbocycles. The quantitative estimate of drug-likeness (QED) is 0.731. The summed E-state index contributed by atoms with van der Waals surface area (Å²) >= 11 is 0. The summed E-state index contributed by atoms with van der Waals surface area (Å²) < 4.78 is 10.2. The molecular weight excluding hydrogens is 396 g/mol. The molecule has 0 aromatic heterocycles. The molecule has 2 fully saturated rings. The van der Waals surface area contributed by atoms with Gasteiger partial charge in [-0.2, -0.15) is 0 Å². The SMILES string of the molecule is CC1=C(N2CC[C@]3(CC[C@H](NCCc4ccc5c(c4)COC5=O)CC3)C2=O)COC1=O. The lowest BCUT2D eigenvalue weighted by Gasteiger charge is -2.36. The van der Waals surface area contributed by atoms with Crippen molar-refractivity contribution in [3.8, 4) is 0 Å². The Morgan fingerprint density at radius 1 is 1.06 bits per heavy atom. The maximum absolute atomic E-state index is 13.2. The Morgan fingerprint density at radius 2 is 1.84 bits per heavy atom. The van der Waals surface area contributed by atoms with E-state index in [-0.39, 0.29) is 29.9 Å². The van der Waals surface area contributed by atoms with Crippen molar-refractivity contribution in [2.24, 2.45) is 5.41 Å². The van der Waals surface area contributed by atoms with E-state index in [0.717, 1.165) is 56.3 Å². The number of nitrogens with zero attached hydrogens (tertiary/aromatic N) is 1. The molecule has 0 bridgehead atoms. The first kappa shape index (κ1) is 20.2. The van der Waals surface area contributed by atoms with E-state index in [0.29, 0.717) is 30.3 Å². The normalized spacial score (nSPS) is 27.8. The zero-order valence-corrected chi connectivity index (χ0v) is 17.9. The number of likely N-dealkylation sites (tertiary alicyclic amines) is 1. The van der Waals surface area contributed by atoms with Gasteiger partial charge in [0, 0.05) is 18.2 Å². The first-order chi connectivity index (χ1) is 15.0. The van der Waals surface area contributed by atoms with Gasteiger partial charge in [0.2, 0.25) is 5.91 Å². The lowest BCUT2D eigenvalue weighted by atomic mass is 9.71. The number of carbonyl (C=O) groups is 3. The summed E-state index contributed by atoms with van der Waals surface area (Å²) in [6.07, 6.45) is 5.51. The standard InChI is InChI=1S/C24H28N2O5/c1-15-20(14-31-21(15)27)26-11-9-24(23(26)29)7-4-18(5-8-24)25-10-6-16-2-3-19-17(12-16)13-30-22(19)28/h2-3,12,18,25H,4-11,13-14H2,1H3/t18-,24+. The number of fused-ring (bicyclic) bond motifs is 1. The highest BCUT2D eigenvalue weighted by Gasteiger charge is 2.50. The molecule has 164 valence electrons. The van der Waals surface area contributed by atoms with Crippen LogP contribution in [0.25, 0.3) is 0 Å². The minimum Gasteiger partial charge on any atom is -0.457 e. The summed E-state index contributed by atoms with van der Waals surface area (Å²) in [6, 6.07) is 6.35. The summed E-state index contributed by atoms with van der Waals surface area (Å²) in [7, 11) is 0. The molecule has 1 aromatic carbocycles. The van der Waals surface area contributed by atoms with E-state index in [1.807, 2.05) is 12.1 Å². The van der Waals surface area contributed by atoms with Crippen LogP contribution in [0.2, 0.25) is 0 Å². The fraction of sp³-hybridized carbons (Fsp3) is 0.542. The van der Waals surface area contributed by atoms with E-state index in [1.165, 1.54) is 5.56 Å². The molecular formula is C24H28N2O5. The summed E-state index contributed by atoms with van der Waals surface area (Å²) in [5.41, 5.74) is 3.92. The minimum absolute atomic E-state index is 0.175. The van der Waals surface area contributed by atoms with Gasteiger partial charge in [0.15, 0.2) is 0 Å². The minimum atomic E-state index is -0.306. The Kier molecular flexibility index (Phi) is 5.08. The van der Waals surface area contributed by atoms with Gasteiger partial charge in [-0.3, -0.25) is 4.79 Å². The van der Waals surface area contributed by atoms with E-state index >= 15 is 0 Å². The van der Waals surface area contributed by atoms with Gasteiger partial charge in [-0.15, -0.1) is 0 Å². The van der Waals surface area contributed by atoms with Crippen molar-refractivity contribution in [2.75, 3.05) is 19.7 Å². The van der Waals surface area contributed by atoms with Crippen LogP contribution >= 0.6 is 0 Å². The van der Waals surface area contributed by atoms with Crippen LogP contribution in [0.5, 0.6) is 0 Å². The molecule has 5 rings (SSSR count). The van der Waals surface area contributed by atoms with E-state index < -0.39 is 0 Å². The number of hydrogen-bond acceptors (Lipinski definition) is 6. The Labute approximate surface area is 181 Å². The summed E-state index contributed by atoms with van der Waals surface area (Å²) in [5, 5.41) is 3.65. The highest BCUT2D eigenvalue weighted by molar-refractivity contribution is 5.94. The van der Waals surface area contributed by atoms with Gasteiger partial charge in [-0.25, -0.2) is 9.59 Å². The van der Waals surface area contributed by atoms with E-state index in [9.17, 15) is 14.4 Å². The molecule has 1 aromatic rings. The second-order valence-electron chi connectivity index (χ2n) is 9.18. The lowest BCUT2D eigenvalue weighted by Crippen LogP contribution is -2.42. The van der Waals surface area contributed by atoms with Gasteiger partial charge in [-0.05, 0) is 63.6 Å². The highest BCUT2D eigenvalue weighted by Crippen LogP contribution is 2.46. The molecule has 3 aliphatic heterocycles. The number of rotatable bonds is 5. The molecule has 7 nitrogen and oxygen atoms in total. The van der Waals surface area contributed by atoms with Gasteiger partial charge < -0.3 is 19.7 Å². The van der Waals surface area contributed by atoms with Gasteiger partial charge in [0.05, 0.1) is 22.2 Å². The van der Waals surface area contributed by atoms with Gasteiger partial charge >= 0.3 is 11.9 Å². The molecule has 0 unspecified atom stereocenters. The molecule has 31 heavy (non-hydrogen) atoms. The number of nitrogens with one attached hydrogen (secondary N) is 1. The first-order valence-corrected chi connectivity index (χ1v) is 11.2. The topological polar surface area (TPSA) is 84.9 Å². The molecule has 1 saturated heterocycles. The summed E-state index contributed by atoms with van der Waals surface area (Å²) in [6.45, 7) is 3.90. The van der Waals surface area contributed by atoms with Crippen LogP contribution in [0.3, 0.4) is 0 Å². The van der Waals surface area contributed by atoms with Crippen molar-refractivity contribution in [3.63, 3.8) is 0 Å². The number of amides is 1. The Bertz CT molecular complexity index is 974. The molecule has 1 amide bonds. The lowest BCUT2D eigenvalue weighted by molar-refractivity contribution is -0.138. The summed E-state index contributed by atoms with van der Waals surface area (Å²) in [5.74, 6) is -0.359. The average molecular weight is 424 g/mol. The molecule has 3 heterocycles. The number of hydrogen-bond donors (Lipinski definition) is 1. The molecule has 1 N–H and O–H groups in total. The van der Waals surface area contributed by atoms with Crippen LogP contribution in [0.15, 0.2) is 29.5 Å². The molecule has 7 heteroatoms. The number of ether oxygens (including phenoxy) is 2. The molecule has 0 atom stereocenters. The smallest absolute Gasteiger partial charge is 0.338 e. The fourth-order valence-corrected chi connectivity index (χ4v) is 5.43. The predicted molar refractivity (Wildman–Crippen MR) is 112 cm³/mol. The van der Waals surface area contributed by atoms with E-state index in [4.69, 9.17) is 9.47 Å². The highest BCUT2D eigenvalue weighted by atomic mass is 16.5. The second kappa shape index (κ2) is 7.79. The zero-order valence-electron chi connectivity index (χ0n) is 17.9. The van der Waals surface area contributed by atoms with Crippen molar-refractivity contribution >= 4 is 17.8 Å². The Balaban J connectivity index is 1.12. The van der Waals surface area contributed by atoms with Crippen molar-refractivity contribution in [1.82, 2.24) is 10.2 Å². The van der Waals surface area contributed by atoms with E-state index in [1.54, 1.807) is 11.8 Å². The molecule has 1 spiro atoms. The maximum atomic E-state index is 13.2. The summed E-state index contributed by atoms with van der Waals surface area (Å²) in [4.78, 5) is 38.3. The second-order valence-corrected chi connectivity index (χ2v) is 9.18. The van der Waals surface area contributed by atoms with Crippen LogP contribution in [0.1, 0.15) is 60.5 Å². The zero-order chi connectivity index (χ0) is 21.6. The first-order valence-electron chi connectivity index (χ1n) is 11.2. The monoisotopic (exact) mass is 424 g/mol. The van der Waals surface area contributed by atoms with Crippen LogP contribution in [0, 0.1) is 5.41 Å². The van der Waals surface area contributed by atoms with E-state index in [2.05, 4.69) is 11.4 Å².